The summed E-state index contributed by atoms with van der Waals surface area (Å²) in [4.78, 5) is 4.77. The van der Waals surface area contributed by atoms with Gasteiger partial charge in [-0.2, -0.15) is 0 Å². The highest BCUT2D eigenvalue weighted by molar-refractivity contribution is 5.76. The van der Waals surface area contributed by atoms with Crippen LogP contribution in [0.2, 0.25) is 0 Å². The average Bonchev–Trinajstić information content (AvgIpc) is 2.74. The van der Waals surface area contributed by atoms with Gasteiger partial charge in [0.2, 0.25) is 0 Å². The number of fused-ring (bicyclic) bond motifs is 1. The van der Waals surface area contributed by atoms with Crippen molar-refractivity contribution in [3.05, 3.63) is 65.0 Å². The van der Waals surface area contributed by atoms with E-state index >= 15 is 0 Å². The maximum atomic E-state index is 4.77. The lowest BCUT2D eigenvalue weighted by molar-refractivity contribution is 0.787. The Hall–Kier alpha value is -2.09. The molecule has 0 spiro atoms. The molecule has 0 saturated carbocycles. The van der Waals surface area contributed by atoms with E-state index in [1.165, 1.54) is 22.2 Å². The summed E-state index contributed by atoms with van der Waals surface area (Å²) < 4.78 is 2.21. The van der Waals surface area contributed by atoms with Crippen LogP contribution in [-0.4, -0.2) is 9.55 Å². The highest BCUT2D eigenvalue weighted by Crippen LogP contribution is 2.17. The van der Waals surface area contributed by atoms with Crippen LogP contribution in [0.5, 0.6) is 0 Å². The Bertz CT molecular complexity index is 736. The molecule has 0 aliphatic heterocycles. The molecular formula is C18H20N2. The van der Waals surface area contributed by atoms with Gasteiger partial charge in [-0.1, -0.05) is 35.9 Å². The van der Waals surface area contributed by atoms with E-state index in [0.29, 0.717) is 0 Å². The summed E-state index contributed by atoms with van der Waals surface area (Å²) in [6.45, 7) is 4.23. The van der Waals surface area contributed by atoms with E-state index in [-0.39, 0.29) is 0 Å². The van der Waals surface area contributed by atoms with Gasteiger partial charge in [-0.25, -0.2) is 4.98 Å². The number of aryl methyl sites for hydroxylation is 5. The number of hydrogen-bond acceptors (Lipinski definition) is 1. The molecular weight excluding hydrogens is 244 g/mol. The normalized spacial score (nSPS) is 11.2. The first-order chi connectivity index (χ1) is 9.63. The maximum absolute atomic E-state index is 4.77. The SMILES string of the molecule is Cc1ccc(CCc2nc3cc(C)ccc3n2C)cc1. The molecule has 0 radical (unpaired) electrons. The topological polar surface area (TPSA) is 17.8 Å². The maximum Gasteiger partial charge on any atom is 0.109 e. The molecule has 20 heavy (non-hydrogen) atoms. The summed E-state index contributed by atoms with van der Waals surface area (Å²) in [5.74, 6) is 1.16. The summed E-state index contributed by atoms with van der Waals surface area (Å²) >= 11 is 0. The smallest absolute Gasteiger partial charge is 0.109 e. The van der Waals surface area contributed by atoms with Crippen molar-refractivity contribution in [2.75, 3.05) is 0 Å². The van der Waals surface area contributed by atoms with Crippen LogP contribution < -0.4 is 0 Å². The highest BCUT2D eigenvalue weighted by atomic mass is 15.1. The zero-order valence-corrected chi connectivity index (χ0v) is 12.4. The molecule has 0 atom stereocenters. The summed E-state index contributed by atoms with van der Waals surface area (Å²) in [6, 6.07) is 15.2. The summed E-state index contributed by atoms with van der Waals surface area (Å²) in [5, 5.41) is 0. The molecule has 0 amide bonds. The summed E-state index contributed by atoms with van der Waals surface area (Å²) in [7, 11) is 2.11. The largest absolute Gasteiger partial charge is 0.331 e. The Kier molecular flexibility index (Phi) is 3.31. The molecule has 2 heteroatoms. The van der Waals surface area contributed by atoms with E-state index in [1.54, 1.807) is 0 Å². The van der Waals surface area contributed by atoms with Gasteiger partial charge in [0.05, 0.1) is 11.0 Å². The van der Waals surface area contributed by atoms with Crippen LogP contribution >= 0.6 is 0 Å². The van der Waals surface area contributed by atoms with Crippen molar-refractivity contribution >= 4 is 11.0 Å². The van der Waals surface area contributed by atoms with Crippen molar-refractivity contribution in [3.63, 3.8) is 0 Å². The summed E-state index contributed by atoms with van der Waals surface area (Å²) in [5.41, 5.74) is 6.27. The van der Waals surface area contributed by atoms with Crippen molar-refractivity contribution in [3.8, 4) is 0 Å². The number of rotatable bonds is 3. The van der Waals surface area contributed by atoms with Crippen molar-refractivity contribution in [1.82, 2.24) is 9.55 Å². The molecule has 0 bridgehead atoms. The van der Waals surface area contributed by atoms with Crippen LogP contribution in [0.1, 0.15) is 22.5 Å². The first-order valence-corrected chi connectivity index (χ1v) is 7.11. The predicted octanol–water partition coefficient (Wildman–Crippen LogP) is 3.98. The van der Waals surface area contributed by atoms with Crippen LogP contribution in [0, 0.1) is 13.8 Å². The minimum Gasteiger partial charge on any atom is -0.331 e. The van der Waals surface area contributed by atoms with Gasteiger partial charge in [-0.05, 0) is 43.5 Å². The molecule has 0 aliphatic carbocycles. The van der Waals surface area contributed by atoms with E-state index in [9.17, 15) is 0 Å². The Morgan fingerprint density at radius 3 is 2.35 bits per heavy atom. The zero-order chi connectivity index (χ0) is 14.1. The van der Waals surface area contributed by atoms with Crippen molar-refractivity contribution in [1.29, 1.82) is 0 Å². The van der Waals surface area contributed by atoms with Crippen LogP contribution in [0.3, 0.4) is 0 Å². The molecule has 2 aromatic carbocycles. The predicted molar refractivity (Wildman–Crippen MR) is 84.0 cm³/mol. The molecule has 102 valence electrons. The van der Waals surface area contributed by atoms with Gasteiger partial charge in [0.1, 0.15) is 5.82 Å². The number of benzene rings is 2. The first kappa shape index (κ1) is 12.9. The lowest BCUT2D eigenvalue weighted by Crippen LogP contribution is -2.00. The lowest BCUT2D eigenvalue weighted by Gasteiger charge is -2.03. The van der Waals surface area contributed by atoms with Gasteiger partial charge >= 0.3 is 0 Å². The molecule has 0 fully saturated rings. The standard InChI is InChI=1S/C18H20N2/c1-13-4-7-15(8-5-13)9-11-18-19-16-12-14(2)6-10-17(16)20(18)3/h4-8,10,12H,9,11H2,1-3H3. The van der Waals surface area contributed by atoms with Crippen molar-refractivity contribution < 1.29 is 0 Å². The van der Waals surface area contributed by atoms with E-state index in [1.807, 2.05) is 0 Å². The number of aromatic nitrogens is 2. The van der Waals surface area contributed by atoms with Crippen LogP contribution in [-0.2, 0) is 19.9 Å². The zero-order valence-electron chi connectivity index (χ0n) is 12.4. The fourth-order valence-electron chi connectivity index (χ4n) is 2.59. The lowest BCUT2D eigenvalue weighted by atomic mass is 10.1. The minimum absolute atomic E-state index is 0.979. The Morgan fingerprint density at radius 1 is 0.900 bits per heavy atom. The molecule has 1 heterocycles. The Balaban J connectivity index is 1.84. The number of hydrogen-bond donors (Lipinski definition) is 0. The van der Waals surface area contributed by atoms with E-state index < -0.39 is 0 Å². The van der Waals surface area contributed by atoms with Crippen LogP contribution in [0.4, 0.5) is 0 Å². The molecule has 2 nitrogen and oxygen atoms in total. The third-order valence-electron chi connectivity index (χ3n) is 3.89. The number of imidazole rings is 1. The number of nitrogens with zero attached hydrogens (tertiary/aromatic N) is 2. The van der Waals surface area contributed by atoms with Gasteiger partial charge in [0.25, 0.3) is 0 Å². The highest BCUT2D eigenvalue weighted by Gasteiger charge is 2.07. The van der Waals surface area contributed by atoms with Gasteiger partial charge < -0.3 is 4.57 Å². The molecule has 3 aromatic rings. The van der Waals surface area contributed by atoms with Gasteiger partial charge in [-0.15, -0.1) is 0 Å². The second-order valence-electron chi connectivity index (χ2n) is 5.56. The molecule has 0 unspecified atom stereocenters. The third kappa shape index (κ3) is 2.46. The van der Waals surface area contributed by atoms with Crippen LogP contribution in [0.25, 0.3) is 11.0 Å². The van der Waals surface area contributed by atoms with Gasteiger partial charge in [-0.3, -0.25) is 0 Å². The second kappa shape index (κ2) is 5.12. The molecule has 1 aromatic heterocycles. The van der Waals surface area contributed by atoms with Gasteiger partial charge in [0.15, 0.2) is 0 Å². The molecule has 0 saturated heterocycles. The van der Waals surface area contributed by atoms with Crippen molar-refractivity contribution in [2.45, 2.75) is 26.7 Å². The molecule has 0 N–H and O–H groups in total. The monoisotopic (exact) mass is 264 g/mol. The first-order valence-electron chi connectivity index (χ1n) is 7.11. The minimum atomic E-state index is 0.979. The molecule has 0 aliphatic rings. The summed E-state index contributed by atoms with van der Waals surface area (Å²) in [6.07, 6.45) is 2.02. The molecule has 3 rings (SSSR count). The van der Waals surface area contributed by atoms with E-state index in [2.05, 4.69) is 67.9 Å². The van der Waals surface area contributed by atoms with Crippen LogP contribution in [0.15, 0.2) is 42.5 Å². The fourth-order valence-corrected chi connectivity index (χ4v) is 2.59. The quantitative estimate of drug-likeness (QED) is 0.699. The van der Waals surface area contributed by atoms with E-state index in [4.69, 9.17) is 4.98 Å². The van der Waals surface area contributed by atoms with Gasteiger partial charge in [0, 0.05) is 13.5 Å². The van der Waals surface area contributed by atoms with E-state index in [0.717, 1.165) is 24.2 Å². The average molecular weight is 264 g/mol. The van der Waals surface area contributed by atoms with Crippen molar-refractivity contribution in [2.24, 2.45) is 7.05 Å². The fraction of sp³-hybridized carbons (Fsp3) is 0.278. The second-order valence-corrected chi connectivity index (χ2v) is 5.56. The Labute approximate surface area is 120 Å². The third-order valence-corrected chi connectivity index (χ3v) is 3.89. The Morgan fingerprint density at radius 2 is 1.60 bits per heavy atom.